The van der Waals surface area contributed by atoms with Gasteiger partial charge in [0.25, 0.3) is 0 Å². The molecular weight excluding hydrogens is 307 g/mol. The first-order chi connectivity index (χ1) is 8.97. The molecule has 108 valence electrons. The monoisotopic (exact) mass is 319 g/mol. The zero-order chi connectivity index (χ0) is 13.9. The van der Waals surface area contributed by atoms with E-state index < -0.39 is 11.7 Å². The molecule has 2 rings (SSSR count). The van der Waals surface area contributed by atoms with Gasteiger partial charge < -0.3 is 12.4 Å². The Balaban J connectivity index is 0.00000200. The van der Waals surface area contributed by atoms with Gasteiger partial charge in [0.15, 0.2) is 6.20 Å². The van der Waals surface area contributed by atoms with E-state index in [1.54, 1.807) is 6.07 Å². The fourth-order valence-corrected chi connectivity index (χ4v) is 2.59. The van der Waals surface area contributed by atoms with E-state index in [0.29, 0.717) is 11.3 Å². The third kappa shape index (κ3) is 4.42. The van der Waals surface area contributed by atoms with Gasteiger partial charge in [0.1, 0.15) is 7.05 Å². The third-order valence-electron chi connectivity index (χ3n) is 2.65. The first-order valence-electron chi connectivity index (χ1n) is 5.70. The minimum atomic E-state index is -4.28. The SMILES string of the molecule is C[n+]1ccccc1SCc1cccc(C(F)(F)F)c1.[Cl-]. The van der Waals surface area contributed by atoms with Gasteiger partial charge >= 0.3 is 6.18 Å². The Morgan fingerprint density at radius 1 is 1.10 bits per heavy atom. The molecular formula is C14H13ClF3NS. The normalized spacial score (nSPS) is 11.0. The largest absolute Gasteiger partial charge is 1.00 e. The van der Waals surface area contributed by atoms with Gasteiger partial charge in [-0.25, -0.2) is 0 Å². The molecule has 0 spiro atoms. The summed E-state index contributed by atoms with van der Waals surface area (Å²) in [5, 5.41) is 1.01. The third-order valence-corrected chi connectivity index (χ3v) is 3.85. The molecule has 1 aromatic heterocycles. The van der Waals surface area contributed by atoms with Crippen molar-refractivity contribution >= 4 is 11.8 Å². The molecule has 0 saturated carbocycles. The first-order valence-corrected chi connectivity index (χ1v) is 6.69. The zero-order valence-corrected chi connectivity index (χ0v) is 12.3. The van der Waals surface area contributed by atoms with Crippen molar-refractivity contribution in [2.24, 2.45) is 7.05 Å². The van der Waals surface area contributed by atoms with Crippen LogP contribution in [-0.2, 0) is 19.0 Å². The lowest BCUT2D eigenvalue weighted by Crippen LogP contribution is -3.00. The van der Waals surface area contributed by atoms with Crippen LogP contribution in [0, 0.1) is 0 Å². The highest BCUT2D eigenvalue weighted by Crippen LogP contribution is 2.30. The molecule has 6 heteroatoms. The maximum atomic E-state index is 12.6. The smallest absolute Gasteiger partial charge is 0.416 e. The number of thioether (sulfide) groups is 1. The molecule has 0 saturated heterocycles. The fourth-order valence-electron chi connectivity index (χ4n) is 1.65. The van der Waals surface area contributed by atoms with Crippen LogP contribution in [0.3, 0.4) is 0 Å². The molecule has 2 aromatic rings. The fraction of sp³-hybridized carbons (Fsp3) is 0.214. The zero-order valence-electron chi connectivity index (χ0n) is 10.7. The van der Waals surface area contributed by atoms with Gasteiger partial charge in [0.05, 0.1) is 5.56 Å². The summed E-state index contributed by atoms with van der Waals surface area (Å²) in [6, 6.07) is 11.2. The van der Waals surface area contributed by atoms with Crippen LogP contribution in [-0.4, -0.2) is 0 Å². The van der Waals surface area contributed by atoms with Crippen LogP contribution in [0.5, 0.6) is 0 Å². The van der Waals surface area contributed by atoms with Gasteiger partial charge in [0, 0.05) is 17.9 Å². The maximum Gasteiger partial charge on any atom is 0.416 e. The summed E-state index contributed by atoms with van der Waals surface area (Å²) in [5.41, 5.74) is 0.0757. The Labute approximate surface area is 126 Å². The van der Waals surface area contributed by atoms with Crippen LogP contribution in [0.15, 0.2) is 53.7 Å². The average Bonchev–Trinajstić information content (AvgIpc) is 2.37. The number of rotatable bonds is 3. The van der Waals surface area contributed by atoms with E-state index in [4.69, 9.17) is 0 Å². The Morgan fingerprint density at radius 3 is 2.50 bits per heavy atom. The highest BCUT2D eigenvalue weighted by atomic mass is 35.5. The van der Waals surface area contributed by atoms with Crippen LogP contribution >= 0.6 is 11.8 Å². The van der Waals surface area contributed by atoms with E-state index in [1.807, 2.05) is 36.0 Å². The van der Waals surface area contributed by atoms with Gasteiger partial charge in [-0.2, -0.15) is 17.7 Å². The number of benzene rings is 1. The number of nitrogens with zero attached hydrogens (tertiary/aromatic N) is 1. The lowest BCUT2D eigenvalue weighted by atomic mass is 10.1. The number of hydrogen-bond acceptors (Lipinski definition) is 1. The lowest BCUT2D eigenvalue weighted by molar-refractivity contribution is -0.708. The van der Waals surface area contributed by atoms with Crippen molar-refractivity contribution in [2.45, 2.75) is 17.0 Å². The molecule has 0 aliphatic heterocycles. The number of halogens is 4. The molecule has 0 aliphatic rings. The maximum absolute atomic E-state index is 12.6. The van der Waals surface area contributed by atoms with Gasteiger partial charge in [-0.05, 0) is 17.7 Å². The number of aryl methyl sites for hydroxylation is 1. The number of alkyl halides is 3. The van der Waals surface area contributed by atoms with E-state index in [-0.39, 0.29) is 12.4 Å². The molecule has 1 heterocycles. The summed E-state index contributed by atoms with van der Waals surface area (Å²) in [6.07, 6.45) is -2.37. The lowest BCUT2D eigenvalue weighted by Gasteiger charge is -2.08. The van der Waals surface area contributed by atoms with Crippen LogP contribution in [0.1, 0.15) is 11.1 Å². The second-order valence-corrected chi connectivity index (χ2v) is 5.13. The molecule has 0 fully saturated rings. The van der Waals surface area contributed by atoms with Crippen molar-refractivity contribution in [1.82, 2.24) is 0 Å². The van der Waals surface area contributed by atoms with E-state index >= 15 is 0 Å². The summed E-state index contributed by atoms with van der Waals surface area (Å²) in [4.78, 5) is 0. The van der Waals surface area contributed by atoms with E-state index in [9.17, 15) is 13.2 Å². The molecule has 1 aromatic carbocycles. The summed E-state index contributed by atoms with van der Waals surface area (Å²) in [7, 11) is 1.91. The first kappa shape index (κ1) is 16.9. The number of hydrogen-bond donors (Lipinski definition) is 0. The minimum absolute atomic E-state index is 0. The second-order valence-electron chi connectivity index (χ2n) is 4.14. The highest BCUT2D eigenvalue weighted by molar-refractivity contribution is 7.98. The quantitative estimate of drug-likeness (QED) is 0.599. The second kappa shape index (κ2) is 6.99. The van der Waals surface area contributed by atoms with Crippen LogP contribution in [0.4, 0.5) is 13.2 Å². The summed E-state index contributed by atoms with van der Waals surface area (Å²) in [6.45, 7) is 0. The molecule has 0 bridgehead atoms. The van der Waals surface area contributed by atoms with Crippen molar-refractivity contribution < 1.29 is 30.1 Å². The van der Waals surface area contributed by atoms with Crippen LogP contribution in [0.25, 0.3) is 0 Å². The molecule has 0 aliphatic carbocycles. The average molecular weight is 320 g/mol. The van der Waals surface area contributed by atoms with Gasteiger partial charge in [-0.3, -0.25) is 0 Å². The topological polar surface area (TPSA) is 3.88 Å². The Kier molecular flexibility index (Phi) is 5.89. The highest BCUT2D eigenvalue weighted by Gasteiger charge is 2.30. The molecule has 0 N–H and O–H groups in total. The predicted molar refractivity (Wildman–Crippen MR) is 68.6 cm³/mol. The van der Waals surface area contributed by atoms with Gasteiger partial charge in [-0.15, -0.1) is 0 Å². The number of pyridine rings is 1. The van der Waals surface area contributed by atoms with Crippen molar-refractivity contribution in [3.63, 3.8) is 0 Å². The van der Waals surface area contributed by atoms with E-state index in [0.717, 1.165) is 11.1 Å². The van der Waals surface area contributed by atoms with Crippen LogP contribution < -0.4 is 17.0 Å². The standard InChI is InChI=1S/C14H13F3NS.ClH/c1-18-8-3-2-7-13(18)19-10-11-5-4-6-12(9-11)14(15,16)17;/h2-9H,10H2,1H3;1H/q+1;/p-1. The Morgan fingerprint density at radius 2 is 1.85 bits per heavy atom. The van der Waals surface area contributed by atoms with Gasteiger partial charge in [-0.1, -0.05) is 30.0 Å². The Hall–Kier alpha value is -1.20. The van der Waals surface area contributed by atoms with Crippen molar-refractivity contribution in [1.29, 1.82) is 0 Å². The molecule has 1 nitrogen and oxygen atoms in total. The minimum Gasteiger partial charge on any atom is -1.00 e. The molecule has 0 atom stereocenters. The molecule has 0 amide bonds. The van der Waals surface area contributed by atoms with Crippen LogP contribution in [0.2, 0.25) is 0 Å². The predicted octanol–water partition coefficient (Wildman–Crippen LogP) is 0.826. The molecule has 0 unspecified atom stereocenters. The van der Waals surface area contributed by atoms with E-state index in [1.165, 1.54) is 23.9 Å². The summed E-state index contributed by atoms with van der Waals surface area (Å²) < 4.78 is 39.7. The Bertz CT molecular complexity index is 572. The van der Waals surface area contributed by atoms with Gasteiger partial charge in [0.2, 0.25) is 5.03 Å². The number of aromatic nitrogens is 1. The van der Waals surface area contributed by atoms with Crippen molar-refractivity contribution in [3.05, 3.63) is 59.8 Å². The van der Waals surface area contributed by atoms with E-state index in [2.05, 4.69) is 0 Å². The summed E-state index contributed by atoms with van der Waals surface area (Å²) >= 11 is 1.52. The summed E-state index contributed by atoms with van der Waals surface area (Å²) in [5.74, 6) is 0.516. The molecule has 0 radical (unpaired) electrons. The molecule has 20 heavy (non-hydrogen) atoms. The van der Waals surface area contributed by atoms with Crippen molar-refractivity contribution in [3.8, 4) is 0 Å². The van der Waals surface area contributed by atoms with Crippen molar-refractivity contribution in [2.75, 3.05) is 0 Å².